The Hall–Kier alpha value is -2.69. The predicted octanol–water partition coefficient (Wildman–Crippen LogP) is 4.28. The largest absolute Gasteiger partial charge is 0.341 e. The summed E-state index contributed by atoms with van der Waals surface area (Å²) >= 11 is 7.40. The maximum atomic E-state index is 13.0. The zero-order chi connectivity index (χ0) is 24.6. The maximum Gasteiger partial charge on any atom is 0.263 e. The van der Waals surface area contributed by atoms with Crippen LogP contribution >= 0.6 is 23.1 Å². The fraction of sp³-hybridized carbons (Fsp3) is 0.375. The van der Waals surface area contributed by atoms with Crippen LogP contribution in [0.3, 0.4) is 0 Å². The first-order chi connectivity index (χ1) is 16.8. The molecule has 184 valence electrons. The van der Waals surface area contributed by atoms with Crippen molar-refractivity contribution >= 4 is 50.3 Å². The second-order valence-corrected chi connectivity index (χ2v) is 11.9. The SMILES string of the molecule is CC1c2c(ccn2CC(=O)N2CCC(c3ccc(S(=O)(=O)Nc4ncns4)cc3)CC2)C=CC1Cl. The van der Waals surface area contributed by atoms with Crippen molar-refractivity contribution in [3.63, 3.8) is 0 Å². The van der Waals surface area contributed by atoms with Crippen molar-refractivity contribution in [2.75, 3.05) is 17.8 Å². The fourth-order valence-corrected chi connectivity index (χ4v) is 6.69. The van der Waals surface area contributed by atoms with E-state index in [1.165, 1.54) is 6.33 Å². The Morgan fingerprint density at radius 2 is 1.94 bits per heavy atom. The van der Waals surface area contributed by atoms with Crippen LogP contribution in [0.1, 0.15) is 48.4 Å². The van der Waals surface area contributed by atoms with Crippen LogP contribution in [0, 0.1) is 0 Å². The van der Waals surface area contributed by atoms with Gasteiger partial charge in [0, 0.05) is 42.4 Å². The minimum absolute atomic E-state index is 0.0662. The van der Waals surface area contributed by atoms with Crippen molar-refractivity contribution in [1.29, 1.82) is 0 Å². The van der Waals surface area contributed by atoms with Crippen molar-refractivity contribution in [2.24, 2.45) is 0 Å². The summed E-state index contributed by atoms with van der Waals surface area (Å²) in [7, 11) is -3.70. The number of fused-ring (bicyclic) bond motifs is 1. The van der Waals surface area contributed by atoms with Gasteiger partial charge < -0.3 is 9.47 Å². The molecule has 2 aliphatic rings. The molecule has 1 aliphatic carbocycles. The van der Waals surface area contributed by atoms with Gasteiger partial charge in [0.2, 0.25) is 11.0 Å². The van der Waals surface area contributed by atoms with Gasteiger partial charge in [-0.1, -0.05) is 31.2 Å². The summed E-state index contributed by atoms with van der Waals surface area (Å²) in [5.41, 5.74) is 3.33. The molecule has 1 aromatic carbocycles. The van der Waals surface area contributed by atoms with Gasteiger partial charge in [-0.05, 0) is 48.1 Å². The number of amides is 1. The first-order valence-corrected chi connectivity index (χ1v) is 14.2. The third-order valence-corrected chi connectivity index (χ3v) is 9.39. The third-order valence-electron chi connectivity index (χ3n) is 6.81. The van der Waals surface area contributed by atoms with E-state index in [1.807, 2.05) is 46.0 Å². The Kier molecular flexibility index (Phi) is 6.69. The summed E-state index contributed by atoms with van der Waals surface area (Å²) in [5.74, 6) is 0.553. The molecule has 1 N–H and O–H groups in total. The number of hydrogen-bond donors (Lipinski definition) is 1. The van der Waals surface area contributed by atoms with E-state index in [-0.39, 0.29) is 33.1 Å². The highest BCUT2D eigenvalue weighted by Crippen LogP contribution is 2.34. The van der Waals surface area contributed by atoms with E-state index < -0.39 is 10.0 Å². The van der Waals surface area contributed by atoms with Crippen LogP contribution in [0.15, 0.2) is 53.8 Å². The number of alkyl halides is 1. The zero-order valence-electron chi connectivity index (χ0n) is 19.2. The number of allylic oxidation sites excluding steroid dienone is 1. The molecular weight excluding hydrogens is 506 g/mol. The van der Waals surface area contributed by atoms with Crippen molar-refractivity contribution in [3.05, 3.63) is 65.8 Å². The molecule has 0 bridgehead atoms. The Labute approximate surface area is 213 Å². The summed E-state index contributed by atoms with van der Waals surface area (Å²) in [5, 5.41) is 0.170. The van der Waals surface area contributed by atoms with E-state index in [1.54, 1.807) is 12.1 Å². The molecular formula is C24H26ClN5O3S2. The minimum Gasteiger partial charge on any atom is -0.341 e. The second-order valence-electron chi connectivity index (χ2n) is 8.95. The number of nitrogens with zero attached hydrogens (tertiary/aromatic N) is 4. The van der Waals surface area contributed by atoms with Crippen LogP contribution in [0.25, 0.3) is 6.08 Å². The number of hydrogen-bond acceptors (Lipinski definition) is 6. The average Bonchev–Trinajstić information content (AvgIpc) is 3.51. The van der Waals surface area contributed by atoms with Gasteiger partial charge in [0.1, 0.15) is 12.9 Å². The normalized spacial score (nSPS) is 20.6. The van der Waals surface area contributed by atoms with Gasteiger partial charge in [-0.3, -0.25) is 9.52 Å². The molecule has 0 radical (unpaired) electrons. The van der Waals surface area contributed by atoms with E-state index in [2.05, 4.69) is 21.0 Å². The molecule has 3 heterocycles. The highest BCUT2D eigenvalue weighted by molar-refractivity contribution is 7.93. The summed E-state index contributed by atoms with van der Waals surface area (Å²) in [6, 6.07) is 9.00. The van der Waals surface area contributed by atoms with Crippen LogP contribution in [0.2, 0.25) is 0 Å². The van der Waals surface area contributed by atoms with E-state index in [0.717, 1.165) is 41.2 Å². The van der Waals surface area contributed by atoms with Gasteiger partial charge in [-0.25, -0.2) is 13.4 Å². The molecule has 5 rings (SSSR count). The number of rotatable bonds is 6. The number of likely N-dealkylation sites (tertiary alicyclic amines) is 1. The molecule has 2 aromatic heterocycles. The highest BCUT2D eigenvalue weighted by atomic mass is 35.5. The van der Waals surface area contributed by atoms with Gasteiger partial charge >= 0.3 is 0 Å². The van der Waals surface area contributed by atoms with Crippen LogP contribution in [0.4, 0.5) is 5.13 Å². The molecule has 1 aliphatic heterocycles. The standard InChI is InChI=1S/C24H26ClN5O3S2/c1-16-21(25)7-4-19-10-13-30(23(16)19)14-22(31)29-11-8-18(9-12-29)17-2-5-20(6-3-17)35(32,33)28-24-26-15-27-34-24/h2-7,10,13,15-16,18,21H,8-9,11-12,14H2,1H3,(H,26,27,28). The third kappa shape index (κ3) is 5.00. The van der Waals surface area contributed by atoms with Crippen LogP contribution in [-0.2, 0) is 21.4 Å². The fourth-order valence-electron chi connectivity index (χ4n) is 4.84. The smallest absolute Gasteiger partial charge is 0.263 e. The van der Waals surface area contributed by atoms with Gasteiger partial charge in [-0.15, -0.1) is 11.6 Å². The molecule has 1 fully saturated rings. The number of anilines is 1. The number of carbonyl (C=O) groups excluding carboxylic acids is 1. The minimum atomic E-state index is -3.70. The van der Waals surface area contributed by atoms with Crippen molar-refractivity contribution in [1.82, 2.24) is 18.8 Å². The molecule has 11 heteroatoms. The maximum absolute atomic E-state index is 13.0. The lowest BCUT2D eigenvalue weighted by Crippen LogP contribution is -2.40. The Morgan fingerprint density at radius 3 is 2.63 bits per heavy atom. The topological polar surface area (TPSA) is 97.2 Å². The molecule has 35 heavy (non-hydrogen) atoms. The number of halogens is 1. The summed E-state index contributed by atoms with van der Waals surface area (Å²) < 4.78 is 33.3. The molecule has 8 nitrogen and oxygen atoms in total. The lowest BCUT2D eigenvalue weighted by atomic mass is 9.89. The van der Waals surface area contributed by atoms with Crippen molar-refractivity contribution in [2.45, 2.75) is 48.4 Å². The van der Waals surface area contributed by atoms with Crippen molar-refractivity contribution in [3.8, 4) is 0 Å². The highest BCUT2D eigenvalue weighted by Gasteiger charge is 2.28. The van der Waals surface area contributed by atoms with E-state index >= 15 is 0 Å². The molecule has 0 spiro atoms. The summed E-state index contributed by atoms with van der Waals surface area (Å²) in [6.45, 7) is 3.77. The first-order valence-electron chi connectivity index (χ1n) is 11.5. The van der Waals surface area contributed by atoms with E-state index in [4.69, 9.17) is 11.6 Å². The van der Waals surface area contributed by atoms with E-state index in [9.17, 15) is 13.2 Å². The van der Waals surface area contributed by atoms with Crippen molar-refractivity contribution < 1.29 is 13.2 Å². The number of piperidine rings is 1. The first kappa shape index (κ1) is 24.0. The Balaban J connectivity index is 1.18. The quantitative estimate of drug-likeness (QED) is 0.479. The van der Waals surface area contributed by atoms with Gasteiger partial charge in [0.15, 0.2) is 0 Å². The molecule has 2 atom stereocenters. The zero-order valence-corrected chi connectivity index (χ0v) is 21.6. The summed E-state index contributed by atoms with van der Waals surface area (Å²) in [4.78, 5) is 19.0. The Bertz CT molecular complexity index is 1330. The molecule has 0 saturated carbocycles. The number of sulfonamides is 1. The molecule has 1 saturated heterocycles. The van der Waals surface area contributed by atoms with Gasteiger partial charge in [0.25, 0.3) is 10.0 Å². The Morgan fingerprint density at radius 1 is 1.20 bits per heavy atom. The van der Waals surface area contributed by atoms with Crippen LogP contribution in [-0.4, -0.2) is 51.6 Å². The average molecular weight is 532 g/mol. The van der Waals surface area contributed by atoms with Crippen LogP contribution in [0.5, 0.6) is 0 Å². The van der Waals surface area contributed by atoms with Gasteiger partial charge in [-0.2, -0.15) is 4.37 Å². The predicted molar refractivity (Wildman–Crippen MR) is 137 cm³/mol. The summed E-state index contributed by atoms with van der Waals surface area (Å²) in [6.07, 6.45) is 8.99. The number of carbonyl (C=O) groups is 1. The lowest BCUT2D eigenvalue weighted by Gasteiger charge is -2.33. The van der Waals surface area contributed by atoms with E-state index in [0.29, 0.717) is 19.6 Å². The lowest BCUT2D eigenvalue weighted by molar-refractivity contribution is -0.132. The second kappa shape index (κ2) is 9.75. The number of nitrogens with one attached hydrogen (secondary N) is 1. The molecule has 1 amide bonds. The molecule has 2 unspecified atom stereocenters. The number of benzene rings is 1. The number of aromatic nitrogens is 3. The van der Waals surface area contributed by atoms with Gasteiger partial charge in [0.05, 0.1) is 10.3 Å². The van der Waals surface area contributed by atoms with Crippen LogP contribution < -0.4 is 4.72 Å². The monoisotopic (exact) mass is 531 g/mol. The molecule has 3 aromatic rings.